The molecule has 96 valence electrons. The Morgan fingerprint density at radius 3 is 2.94 bits per heavy atom. The summed E-state index contributed by atoms with van der Waals surface area (Å²) in [6, 6.07) is 1.81. The van der Waals surface area contributed by atoms with Crippen LogP contribution in [0.2, 0.25) is 0 Å². The fourth-order valence-electron chi connectivity index (χ4n) is 1.48. The molecule has 0 bridgehead atoms. The van der Waals surface area contributed by atoms with Crippen molar-refractivity contribution in [1.82, 2.24) is 9.78 Å². The van der Waals surface area contributed by atoms with Gasteiger partial charge < -0.3 is 4.74 Å². The lowest BCUT2D eigenvalue weighted by Crippen LogP contribution is -2.14. The van der Waals surface area contributed by atoms with Crippen LogP contribution in [0, 0.1) is 0 Å². The average Bonchev–Trinajstić information content (AvgIpc) is 2.92. The van der Waals surface area contributed by atoms with Crippen LogP contribution in [0.4, 0.5) is 0 Å². The van der Waals surface area contributed by atoms with Gasteiger partial charge in [0, 0.05) is 17.0 Å². The summed E-state index contributed by atoms with van der Waals surface area (Å²) < 4.78 is 8.28. The highest BCUT2D eigenvalue weighted by molar-refractivity contribution is 9.10. The second-order valence-corrected chi connectivity index (χ2v) is 6.20. The molecule has 0 fully saturated rings. The topological polar surface area (TPSA) is 44.1 Å². The number of nitrogens with zero attached hydrogens (tertiary/aromatic N) is 2. The van der Waals surface area contributed by atoms with E-state index >= 15 is 0 Å². The molecule has 2 rings (SSSR count). The summed E-state index contributed by atoms with van der Waals surface area (Å²) >= 11 is 8.12. The van der Waals surface area contributed by atoms with Crippen molar-refractivity contribution in [3.05, 3.63) is 37.2 Å². The molecule has 18 heavy (non-hydrogen) atoms. The van der Waals surface area contributed by atoms with Gasteiger partial charge >= 0.3 is 0 Å². The third kappa shape index (κ3) is 2.90. The van der Waals surface area contributed by atoms with Crippen LogP contribution in [0.15, 0.2) is 26.6 Å². The predicted octanol–water partition coefficient (Wildman–Crippen LogP) is 3.35. The maximum atomic E-state index is 12.4. The Morgan fingerprint density at radius 2 is 2.33 bits per heavy atom. The number of carbonyl (C=O) groups excluding carboxylic acids is 1. The Balaban J connectivity index is 2.32. The van der Waals surface area contributed by atoms with Crippen LogP contribution in [-0.4, -0.2) is 29.3 Å². The molecule has 0 unspecified atom stereocenters. The minimum Gasteiger partial charge on any atom is -0.383 e. The number of ketones is 1. The van der Waals surface area contributed by atoms with Crippen LogP contribution in [-0.2, 0) is 11.3 Å². The van der Waals surface area contributed by atoms with Crippen molar-refractivity contribution in [2.45, 2.75) is 6.54 Å². The van der Waals surface area contributed by atoms with Crippen molar-refractivity contribution in [1.29, 1.82) is 0 Å². The second-order valence-electron chi connectivity index (χ2n) is 3.52. The van der Waals surface area contributed by atoms with Gasteiger partial charge in [0.2, 0.25) is 5.78 Å². The Labute approximate surface area is 125 Å². The molecule has 2 heterocycles. The van der Waals surface area contributed by atoms with Crippen molar-refractivity contribution in [2.75, 3.05) is 13.7 Å². The molecule has 2 aromatic heterocycles. The highest BCUT2D eigenvalue weighted by atomic mass is 79.9. The number of carbonyl (C=O) groups is 1. The van der Waals surface area contributed by atoms with Crippen LogP contribution < -0.4 is 0 Å². The molecule has 7 heteroatoms. The molecule has 0 aliphatic rings. The highest BCUT2D eigenvalue weighted by Gasteiger charge is 2.20. The maximum absolute atomic E-state index is 12.4. The van der Waals surface area contributed by atoms with Crippen molar-refractivity contribution in [3.8, 4) is 0 Å². The third-order valence-corrected chi connectivity index (χ3v) is 4.58. The number of methoxy groups -OCH3 is 1. The van der Waals surface area contributed by atoms with Gasteiger partial charge in [-0.05, 0) is 37.9 Å². The summed E-state index contributed by atoms with van der Waals surface area (Å²) in [5.41, 5.74) is 0.557. The van der Waals surface area contributed by atoms with Gasteiger partial charge in [-0.15, -0.1) is 11.3 Å². The van der Waals surface area contributed by atoms with Gasteiger partial charge in [-0.25, -0.2) is 0 Å². The first-order valence-electron chi connectivity index (χ1n) is 5.12. The molecule has 2 aromatic rings. The van der Waals surface area contributed by atoms with E-state index in [2.05, 4.69) is 37.0 Å². The number of hydrogen-bond acceptors (Lipinski definition) is 4. The largest absolute Gasteiger partial charge is 0.383 e. The second kappa shape index (κ2) is 6.10. The van der Waals surface area contributed by atoms with Crippen LogP contribution in [0.25, 0.3) is 0 Å². The zero-order chi connectivity index (χ0) is 13.1. The third-order valence-electron chi connectivity index (χ3n) is 2.31. The normalized spacial score (nSPS) is 10.8. The van der Waals surface area contributed by atoms with Gasteiger partial charge in [0.05, 0.1) is 28.7 Å². The van der Waals surface area contributed by atoms with E-state index in [-0.39, 0.29) is 5.78 Å². The molecule has 0 aliphatic heterocycles. The summed E-state index contributed by atoms with van der Waals surface area (Å²) in [7, 11) is 1.62. The van der Waals surface area contributed by atoms with E-state index in [0.29, 0.717) is 28.2 Å². The molecule has 4 nitrogen and oxygen atoms in total. The van der Waals surface area contributed by atoms with E-state index in [1.54, 1.807) is 18.0 Å². The van der Waals surface area contributed by atoms with E-state index in [4.69, 9.17) is 4.74 Å². The summed E-state index contributed by atoms with van der Waals surface area (Å²) in [6.07, 6.45) is 1.63. The number of halogens is 2. The molecule has 0 aliphatic carbocycles. The standard InChI is InChI=1S/C11H10Br2N2O2S/c1-17-3-2-15-10(8(13)5-14-15)11(16)9-4-7(12)6-18-9/h4-6H,2-3H2,1H3. The van der Waals surface area contributed by atoms with Crippen molar-refractivity contribution in [3.63, 3.8) is 0 Å². The molecule has 0 aromatic carbocycles. The predicted molar refractivity (Wildman–Crippen MR) is 77.3 cm³/mol. The number of hydrogen-bond donors (Lipinski definition) is 0. The van der Waals surface area contributed by atoms with Crippen molar-refractivity contribution >= 4 is 49.0 Å². The number of thiophene rings is 1. The van der Waals surface area contributed by atoms with E-state index in [0.717, 1.165) is 4.47 Å². The van der Waals surface area contributed by atoms with Gasteiger partial charge in [-0.3, -0.25) is 9.48 Å². The summed E-state index contributed by atoms with van der Waals surface area (Å²) in [5, 5.41) is 6.05. The first kappa shape index (κ1) is 13.9. The summed E-state index contributed by atoms with van der Waals surface area (Å²) in [6.45, 7) is 1.07. The van der Waals surface area contributed by atoms with Crippen molar-refractivity contribution in [2.24, 2.45) is 0 Å². The Bertz CT molecular complexity index is 565. The minimum atomic E-state index is -0.0359. The molecule has 0 saturated carbocycles. The van der Waals surface area contributed by atoms with Crippen LogP contribution in [0.3, 0.4) is 0 Å². The number of rotatable bonds is 5. The van der Waals surface area contributed by atoms with E-state index in [1.807, 2.05) is 11.4 Å². The Morgan fingerprint density at radius 1 is 1.56 bits per heavy atom. The Kier molecular flexibility index (Phi) is 4.71. The zero-order valence-corrected chi connectivity index (χ0v) is 13.5. The molecule has 0 radical (unpaired) electrons. The first-order valence-corrected chi connectivity index (χ1v) is 7.59. The molecule has 0 amide bonds. The molecule has 0 N–H and O–H groups in total. The van der Waals surface area contributed by atoms with Gasteiger partial charge in [-0.2, -0.15) is 5.10 Å². The van der Waals surface area contributed by atoms with Gasteiger partial charge in [0.15, 0.2) is 0 Å². The highest BCUT2D eigenvalue weighted by Crippen LogP contribution is 2.25. The zero-order valence-electron chi connectivity index (χ0n) is 9.52. The van der Waals surface area contributed by atoms with Gasteiger partial charge in [0.1, 0.15) is 5.69 Å². The van der Waals surface area contributed by atoms with Crippen LogP contribution >= 0.6 is 43.2 Å². The van der Waals surface area contributed by atoms with E-state index < -0.39 is 0 Å². The molecule has 0 saturated heterocycles. The number of ether oxygens (including phenoxy) is 1. The minimum absolute atomic E-state index is 0.0359. The van der Waals surface area contributed by atoms with Gasteiger partial charge in [-0.1, -0.05) is 0 Å². The first-order chi connectivity index (χ1) is 8.63. The molecule has 0 atom stereocenters. The van der Waals surface area contributed by atoms with E-state index in [1.165, 1.54) is 11.3 Å². The fourth-order valence-corrected chi connectivity index (χ4v) is 3.33. The quantitative estimate of drug-likeness (QED) is 0.731. The summed E-state index contributed by atoms with van der Waals surface area (Å²) in [4.78, 5) is 13.1. The van der Waals surface area contributed by atoms with Crippen molar-refractivity contribution < 1.29 is 9.53 Å². The summed E-state index contributed by atoms with van der Waals surface area (Å²) in [5.74, 6) is -0.0359. The maximum Gasteiger partial charge on any atom is 0.222 e. The van der Waals surface area contributed by atoms with Crippen LogP contribution in [0.5, 0.6) is 0 Å². The molecular weight excluding hydrogens is 384 g/mol. The number of aromatic nitrogens is 2. The smallest absolute Gasteiger partial charge is 0.222 e. The SMILES string of the molecule is COCCn1ncc(Br)c1C(=O)c1cc(Br)cs1. The lowest BCUT2D eigenvalue weighted by molar-refractivity contribution is 0.102. The average molecular weight is 394 g/mol. The molecular formula is C11H10Br2N2O2S. The monoisotopic (exact) mass is 392 g/mol. The lowest BCUT2D eigenvalue weighted by atomic mass is 10.2. The van der Waals surface area contributed by atoms with E-state index in [9.17, 15) is 4.79 Å². The lowest BCUT2D eigenvalue weighted by Gasteiger charge is -2.05. The van der Waals surface area contributed by atoms with Gasteiger partial charge in [0.25, 0.3) is 0 Å². The fraction of sp³-hybridized carbons (Fsp3) is 0.273. The van der Waals surface area contributed by atoms with Crippen LogP contribution in [0.1, 0.15) is 15.4 Å². The molecule has 0 spiro atoms. The Hall–Kier alpha value is -0.500.